The Kier molecular flexibility index (Phi) is 13.7. The molecule has 63 heavy (non-hydrogen) atoms. The van der Waals surface area contributed by atoms with E-state index < -0.39 is 32.3 Å². The van der Waals surface area contributed by atoms with Crippen LogP contribution in [0.2, 0.25) is 90.7 Å². The first-order valence-corrected chi connectivity index (χ1v) is 39.9. The van der Waals surface area contributed by atoms with Gasteiger partial charge in [-0.3, -0.25) is 0 Å². The molecule has 5 heteroatoms. The van der Waals surface area contributed by atoms with Gasteiger partial charge in [0.1, 0.15) is 0 Å². The van der Waals surface area contributed by atoms with Crippen molar-refractivity contribution < 1.29 is 0 Å². The van der Waals surface area contributed by atoms with Gasteiger partial charge in [-0.05, 0) is 78.3 Å². The molecule has 2 aliphatic rings. The molecule has 0 saturated carbocycles. The summed E-state index contributed by atoms with van der Waals surface area (Å²) in [6.45, 7) is 54.6. The lowest BCUT2D eigenvalue weighted by molar-refractivity contribution is 0.591. The van der Waals surface area contributed by atoms with Gasteiger partial charge in [-0.15, -0.1) is 0 Å². The normalized spacial score (nSPS) is 17.4. The summed E-state index contributed by atoms with van der Waals surface area (Å²) in [5.74, 6) is 1.96. The molecule has 0 fully saturated rings. The molecule has 4 aromatic carbocycles. The summed E-state index contributed by atoms with van der Waals surface area (Å²) in [4.78, 5) is 0. The average molecular weight is 924 g/mol. The van der Waals surface area contributed by atoms with Gasteiger partial charge in [-0.1, -0.05) is 265 Å². The van der Waals surface area contributed by atoms with Crippen LogP contribution in [0.1, 0.15) is 114 Å². The second kappa shape index (κ2) is 17.3. The molecular formula is C58H86Si5. The van der Waals surface area contributed by atoms with E-state index in [9.17, 15) is 0 Å². The lowest BCUT2D eigenvalue weighted by Crippen LogP contribution is -2.45. The van der Waals surface area contributed by atoms with Crippen LogP contribution in [0.4, 0.5) is 0 Å². The number of hydrogen-bond acceptors (Lipinski definition) is 0. The average Bonchev–Trinajstić information content (AvgIpc) is 3.70. The zero-order valence-corrected chi connectivity index (χ0v) is 49.2. The molecule has 4 aromatic rings. The van der Waals surface area contributed by atoms with Gasteiger partial charge in [0, 0.05) is 21.4 Å². The predicted octanol–water partition coefficient (Wildman–Crippen LogP) is 15.3. The SMILES string of the molecule is CC(C)C1=Cc2c(ccc(C(C)(C)C)c2-c2cc([Si](C)(C)C)cc([Si](C)(C)C)c2)C1C[Si]CC1C(C(C)C)=Cc2c1ccc(C(C)(C)C)c2-c1cc([Si](C)(C)C)cc([Si](C)(C)C)c1. The van der Waals surface area contributed by atoms with Gasteiger partial charge in [-0.2, -0.15) is 0 Å². The third-order valence-corrected chi connectivity index (χ3v) is 23.8. The van der Waals surface area contributed by atoms with Crippen LogP contribution in [0.5, 0.6) is 0 Å². The second-order valence-corrected chi connectivity index (χ2v) is 48.1. The van der Waals surface area contributed by atoms with Gasteiger partial charge in [0.15, 0.2) is 0 Å². The monoisotopic (exact) mass is 923 g/mol. The van der Waals surface area contributed by atoms with Crippen LogP contribution in [-0.4, -0.2) is 41.8 Å². The summed E-state index contributed by atoms with van der Waals surface area (Å²) in [7, 11) is -5.36. The fourth-order valence-electron chi connectivity index (χ4n) is 10.2. The van der Waals surface area contributed by atoms with Crippen LogP contribution in [-0.2, 0) is 10.8 Å². The molecule has 6 rings (SSSR count). The number of allylic oxidation sites excluding steroid dienone is 2. The van der Waals surface area contributed by atoms with Crippen molar-refractivity contribution in [1.29, 1.82) is 0 Å². The van der Waals surface area contributed by atoms with Gasteiger partial charge in [0.05, 0.1) is 32.3 Å². The summed E-state index contributed by atoms with van der Waals surface area (Å²) < 4.78 is 0. The Labute approximate surface area is 394 Å². The summed E-state index contributed by atoms with van der Waals surface area (Å²) >= 11 is 0. The van der Waals surface area contributed by atoms with Gasteiger partial charge in [0.25, 0.3) is 0 Å². The minimum absolute atomic E-state index is 0.0396. The number of rotatable bonds is 12. The Morgan fingerprint density at radius 1 is 0.444 bits per heavy atom. The molecule has 2 atom stereocenters. The zero-order chi connectivity index (χ0) is 47.2. The van der Waals surface area contributed by atoms with E-state index in [2.05, 4.69) is 221 Å². The molecule has 2 unspecified atom stereocenters. The first-order valence-electron chi connectivity index (χ1n) is 24.5. The highest BCUT2D eigenvalue weighted by Gasteiger charge is 2.36. The molecule has 338 valence electrons. The lowest BCUT2D eigenvalue weighted by atomic mass is 9.78. The van der Waals surface area contributed by atoms with E-state index in [1.165, 1.54) is 56.6 Å². The zero-order valence-electron chi connectivity index (χ0n) is 44.2. The Hall–Kier alpha value is -2.56. The van der Waals surface area contributed by atoms with Gasteiger partial charge in [-0.25, -0.2) is 0 Å². The van der Waals surface area contributed by atoms with Gasteiger partial charge < -0.3 is 0 Å². The Morgan fingerprint density at radius 2 is 0.730 bits per heavy atom. The third kappa shape index (κ3) is 10.4. The summed E-state index contributed by atoms with van der Waals surface area (Å²) in [6, 6.07) is 28.3. The maximum absolute atomic E-state index is 2.67. The highest BCUT2D eigenvalue weighted by molar-refractivity contribution is 6.92. The Bertz CT molecular complexity index is 2200. The largest absolute Gasteiger partial charge is 0.0776 e. The fourth-order valence-corrected chi connectivity index (χ4v) is 16.8. The van der Waals surface area contributed by atoms with Crippen molar-refractivity contribution >= 4 is 74.7 Å². The molecule has 0 heterocycles. The van der Waals surface area contributed by atoms with E-state index in [0.29, 0.717) is 23.7 Å². The Balaban J connectivity index is 1.45. The highest BCUT2D eigenvalue weighted by atomic mass is 28.3. The molecule has 0 aliphatic heterocycles. The smallest absolute Gasteiger partial charge is 0.0656 e. The van der Waals surface area contributed by atoms with Crippen molar-refractivity contribution in [3.63, 3.8) is 0 Å². The predicted molar refractivity (Wildman–Crippen MR) is 300 cm³/mol. The van der Waals surface area contributed by atoms with E-state index in [4.69, 9.17) is 0 Å². The van der Waals surface area contributed by atoms with E-state index in [1.54, 1.807) is 43.0 Å². The van der Waals surface area contributed by atoms with Gasteiger partial charge in [0.2, 0.25) is 0 Å². The topological polar surface area (TPSA) is 0 Å². The van der Waals surface area contributed by atoms with E-state index in [0.717, 1.165) is 9.52 Å². The number of fused-ring (bicyclic) bond motifs is 2. The quantitative estimate of drug-likeness (QED) is 0.124. The molecule has 2 aliphatic carbocycles. The minimum Gasteiger partial charge on any atom is -0.0656 e. The number of hydrogen-bond donors (Lipinski definition) is 0. The van der Waals surface area contributed by atoms with Crippen LogP contribution in [0.15, 0.2) is 71.8 Å². The van der Waals surface area contributed by atoms with Crippen LogP contribution in [0.3, 0.4) is 0 Å². The molecule has 0 nitrogen and oxygen atoms in total. The first kappa shape index (κ1) is 49.9. The molecule has 0 aromatic heterocycles. The van der Waals surface area contributed by atoms with E-state index in [-0.39, 0.29) is 10.8 Å². The fraction of sp³-hybridized carbons (Fsp3) is 0.517. The molecule has 0 bridgehead atoms. The molecule has 0 amide bonds. The lowest BCUT2D eigenvalue weighted by Gasteiger charge is -2.29. The summed E-state index contributed by atoms with van der Waals surface area (Å²) in [5.41, 5.74) is 18.5. The summed E-state index contributed by atoms with van der Waals surface area (Å²) in [5, 5.41) is 6.40. The minimum atomic E-state index is -1.56. The highest BCUT2D eigenvalue weighted by Crippen LogP contribution is 2.51. The van der Waals surface area contributed by atoms with Crippen molar-refractivity contribution in [2.45, 2.75) is 183 Å². The molecule has 2 radical (unpaired) electrons. The van der Waals surface area contributed by atoms with Crippen LogP contribution in [0, 0.1) is 11.8 Å². The van der Waals surface area contributed by atoms with Crippen molar-refractivity contribution in [2.24, 2.45) is 11.8 Å². The molecule has 0 spiro atoms. The summed E-state index contributed by atoms with van der Waals surface area (Å²) in [6.07, 6.45) is 5.34. The molecule has 0 saturated heterocycles. The van der Waals surface area contributed by atoms with E-state index >= 15 is 0 Å². The second-order valence-electron chi connectivity index (χ2n) is 26.4. The maximum atomic E-state index is 2.67. The Morgan fingerprint density at radius 3 is 0.968 bits per heavy atom. The van der Waals surface area contributed by atoms with Crippen molar-refractivity contribution in [2.75, 3.05) is 0 Å². The van der Waals surface area contributed by atoms with Crippen LogP contribution < -0.4 is 20.7 Å². The van der Waals surface area contributed by atoms with Crippen LogP contribution >= 0.6 is 0 Å². The first-order chi connectivity index (χ1) is 28.7. The maximum Gasteiger partial charge on any atom is 0.0776 e. The molecular weight excluding hydrogens is 837 g/mol. The standard InChI is InChI=1S/C58H86Si5/c1-37(2)47-33-49-45(23-25-53(57(5,6)7)55(49)39-27-41(60(11,12)13)31-42(28-39)61(14,15)16)51(47)35-59-36-52-46-24-26-54(58(8,9)10)56(50(46)34-48(52)38(3)4)40-29-43(62(17,18)19)32-44(30-40)63(20,21)22/h23-34,37-38,51-52H,35-36H2,1-22H3. The molecule has 0 N–H and O–H groups in total. The van der Waals surface area contributed by atoms with Gasteiger partial charge >= 0.3 is 0 Å². The number of benzene rings is 4. The van der Waals surface area contributed by atoms with E-state index in [1.807, 2.05) is 0 Å². The van der Waals surface area contributed by atoms with Crippen molar-refractivity contribution in [3.05, 3.63) is 105 Å². The third-order valence-electron chi connectivity index (χ3n) is 14.3. The van der Waals surface area contributed by atoms with Crippen molar-refractivity contribution in [1.82, 2.24) is 0 Å². The van der Waals surface area contributed by atoms with Crippen molar-refractivity contribution in [3.8, 4) is 22.3 Å². The van der Waals surface area contributed by atoms with Crippen LogP contribution in [0.25, 0.3) is 34.4 Å².